The molecule has 0 radical (unpaired) electrons. The maximum atomic E-state index is 11.7. The highest BCUT2D eigenvalue weighted by molar-refractivity contribution is 5.94. The van der Waals surface area contributed by atoms with E-state index in [4.69, 9.17) is 5.11 Å². The number of rotatable bonds is 4. The van der Waals surface area contributed by atoms with Crippen LogP contribution in [0.5, 0.6) is 0 Å². The fraction of sp³-hybridized carbons (Fsp3) is 0.182. The first kappa shape index (κ1) is 13.5. The molecule has 2 aromatic rings. The molecule has 1 aromatic carbocycles. The van der Waals surface area contributed by atoms with Crippen LogP contribution in [0.4, 0.5) is 5.69 Å². The number of hydrogen-bond acceptors (Lipinski definition) is 5. The first-order chi connectivity index (χ1) is 9.41. The Morgan fingerprint density at radius 2 is 2.20 bits per heavy atom. The van der Waals surface area contributed by atoms with Crippen LogP contribution < -0.4 is 5.69 Å². The van der Waals surface area contributed by atoms with Crippen molar-refractivity contribution in [2.75, 3.05) is 0 Å². The summed E-state index contributed by atoms with van der Waals surface area (Å²) in [7, 11) is 1.50. The van der Waals surface area contributed by atoms with Crippen molar-refractivity contribution in [2.45, 2.75) is 6.54 Å². The molecule has 0 atom stereocenters. The molecule has 0 saturated heterocycles. The maximum Gasteiger partial charge on any atom is 0.345 e. The summed E-state index contributed by atoms with van der Waals surface area (Å²) in [5.41, 5.74) is -1.24. The number of aryl methyl sites for hydroxylation is 1. The van der Waals surface area contributed by atoms with Crippen LogP contribution >= 0.6 is 0 Å². The zero-order valence-electron chi connectivity index (χ0n) is 10.4. The van der Waals surface area contributed by atoms with Gasteiger partial charge in [0.1, 0.15) is 11.9 Å². The summed E-state index contributed by atoms with van der Waals surface area (Å²) in [4.78, 5) is 33.0. The Hall–Kier alpha value is -2.97. The van der Waals surface area contributed by atoms with Gasteiger partial charge in [0.2, 0.25) is 0 Å². The number of benzene rings is 1. The van der Waals surface area contributed by atoms with Crippen LogP contribution in [0.1, 0.15) is 15.9 Å². The van der Waals surface area contributed by atoms with Crippen LogP contribution in [-0.2, 0) is 13.6 Å². The lowest BCUT2D eigenvalue weighted by Gasteiger charge is -2.06. The third-order valence-electron chi connectivity index (χ3n) is 2.75. The minimum Gasteiger partial charge on any atom is -0.477 e. The molecule has 1 N–H and O–H groups in total. The number of aromatic carboxylic acids is 1. The predicted molar refractivity (Wildman–Crippen MR) is 66.6 cm³/mol. The average molecular weight is 278 g/mol. The second kappa shape index (κ2) is 4.96. The topological polar surface area (TPSA) is 120 Å². The minimum absolute atomic E-state index is 0.146. The standard InChI is InChI=1S/C11H10N4O5/c1-13-6-12-14(11(13)18)5-7-3-2-4-8(15(19)20)9(7)10(16)17/h2-4,6H,5H2,1H3,(H,16,17). The Balaban J connectivity index is 2.54. The van der Waals surface area contributed by atoms with Gasteiger partial charge in [-0.25, -0.2) is 14.3 Å². The van der Waals surface area contributed by atoms with E-state index in [1.165, 1.54) is 30.1 Å². The van der Waals surface area contributed by atoms with Crippen molar-refractivity contribution >= 4 is 11.7 Å². The highest BCUT2D eigenvalue weighted by Gasteiger charge is 2.23. The number of aromatic nitrogens is 3. The number of carboxylic acid groups (broad SMARTS) is 1. The molecule has 1 aromatic heterocycles. The first-order valence-corrected chi connectivity index (χ1v) is 5.50. The second-order valence-corrected chi connectivity index (χ2v) is 4.06. The summed E-state index contributed by atoms with van der Waals surface area (Å²) in [6.07, 6.45) is 1.28. The van der Waals surface area contributed by atoms with Crippen molar-refractivity contribution in [3.63, 3.8) is 0 Å². The van der Waals surface area contributed by atoms with Gasteiger partial charge in [-0.2, -0.15) is 5.10 Å². The summed E-state index contributed by atoms with van der Waals surface area (Å²) < 4.78 is 2.25. The first-order valence-electron chi connectivity index (χ1n) is 5.50. The SMILES string of the molecule is Cn1cnn(Cc2cccc([N+](=O)[O-])c2C(=O)O)c1=O. The van der Waals surface area contributed by atoms with Crippen LogP contribution in [0.2, 0.25) is 0 Å². The minimum atomic E-state index is -1.42. The zero-order chi connectivity index (χ0) is 14.9. The molecule has 20 heavy (non-hydrogen) atoms. The number of carbonyl (C=O) groups is 1. The number of nitrogens with zero attached hydrogens (tertiary/aromatic N) is 4. The van der Waals surface area contributed by atoms with Crippen LogP contribution in [0.25, 0.3) is 0 Å². The number of hydrogen-bond donors (Lipinski definition) is 1. The summed E-state index contributed by atoms with van der Waals surface area (Å²) in [5, 5.41) is 23.8. The van der Waals surface area contributed by atoms with Gasteiger partial charge in [0.05, 0.1) is 11.5 Å². The van der Waals surface area contributed by atoms with Gasteiger partial charge in [0, 0.05) is 13.1 Å². The average Bonchev–Trinajstić information content (AvgIpc) is 2.70. The van der Waals surface area contributed by atoms with Crippen LogP contribution in [0, 0.1) is 10.1 Å². The van der Waals surface area contributed by atoms with Crippen molar-refractivity contribution in [1.82, 2.24) is 14.3 Å². The lowest BCUT2D eigenvalue weighted by atomic mass is 10.1. The van der Waals surface area contributed by atoms with E-state index in [0.29, 0.717) is 0 Å². The van der Waals surface area contributed by atoms with E-state index in [9.17, 15) is 19.7 Å². The lowest BCUT2D eigenvalue weighted by Crippen LogP contribution is -2.24. The highest BCUT2D eigenvalue weighted by atomic mass is 16.6. The van der Waals surface area contributed by atoms with Crippen LogP contribution in [-0.4, -0.2) is 30.3 Å². The zero-order valence-corrected chi connectivity index (χ0v) is 10.4. The molecule has 2 rings (SSSR count). The summed E-state index contributed by atoms with van der Waals surface area (Å²) >= 11 is 0. The number of nitro benzene ring substituents is 1. The quantitative estimate of drug-likeness (QED) is 0.631. The Morgan fingerprint density at radius 3 is 2.70 bits per heavy atom. The fourth-order valence-corrected chi connectivity index (χ4v) is 1.81. The van der Waals surface area contributed by atoms with Crippen molar-refractivity contribution in [1.29, 1.82) is 0 Å². The van der Waals surface area contributed by atoms with E-state index in [1.54, 1.807) is 0 Å². The normalized spacial score (nSPS) is 10.4. The van der Waals surface area contributed by atoms with Crippen molar-refractivity contribution < 1.29 is 14.8 Å². The van der Waals surface area contributed by atoms with Crippen molar-refractivity contribution in [3.05, 3.63) is 56.3 Å². The smallest absolute Gasteiger partial charge is 0.345 e. The molecule has 9 heteroatoms. The maximum absolute atomic E-state index is 11.7. The fourth-order valence-electron chi connectivity index (χ4n) is 1.81. The van der Waals surface area contributed by atoms with Gasteiger partial charge >= 0.3 is 11.7 Å². The highest BCUT2D eigenvalue weighted by Crippen LogP contribution is 2.22. The molecule has 0 aliphatic rings. The molecular weight excluding hydrogens is 268 g/mol. The van der Waals surface area contributed by atoms with E-state index in [1.807, 2.05) is 0 Å². The molecule has 1 heterocycles. The van der Waals surface area contributed by atoms with Gasteiger partial charge in [-0.1, -0.05) is 12.1 Å². The Bertz CT molecular complexity index is 746. The van der Waals surface area contributed by atoms with E-state index in [0.717, 1.165) is 10.7 Å². The molecule has 0 fully saturated rings. The third kappa shape index (κ3) is 2.28. The molecular formula is C11H10N4O5. The molecule has 104 valence electrons. The van der Waals surface area contributed by atoms with Gasteiger partial charge in [-0.05, 0) is 5.56 Å². The molecule has 0 bridgehead atoms. The summed E-state index contributed by atoms with van der Waals surface area (Å²) in [5.74, 6) is -1.42. The Labute approximate surface area is 111 Å². The molecule has 0 spiro atoms. The molecule has 0 unspecified atom stereocenters. The summed E-state index contributed by atoms with van der Waals surface area (Å²) in [6, 6.07) is 3.89. The van der Waals surface area contributed by atoms with E-state index in [2.05, 4.69) is 5.10 Å². The number of carboxylic acids is 1. The van der Waals surface area contributed by atoms with E-state index >= 15 is 0 Å². The van der Waals surface area contributed by atoms with E-state index in [-0.39, 0.29) is 12.1 Å². The van der Waals surface area contributed by atoms with Gasteiger partial charge in [-0.15, -0.1) is 0 Å². The van der Waals surface area contributed by atoms with Crippen molar-refractivity contribution in [2.24, 2.45) is 7.05 Å². The predicted octanol–water partition coefficient (Wildman–Crippen LogP) is 0.236. The van der Waals surface area contributed by atoms with Gasteiger partial charge in [0.15, 0.2) is 0 Å². The summed E-state index contributed by atoms with van der Waals surface area (Å²) in [6.45, 7) is -0.150. The van der Waals surface area contributed by atoms with E-state index < -0.39 is 27.8 Å². The Morgan fingerprint density at radius 1 is 1.50 bits per heavy atom. The molecule has 0 aliphatic carbocycles. The number of nitro groups is 1. The van der Waals surface area contributed by atoms with Gasteiger partial charge in [0.25, 0.3) is 5.69 Å². The van der Waals surface area contributed by atoms with Gasteiger partial charge in [-0.3, -0.25) is 14.7 Å². The van der Waals surface area contributed by atoms with Crippen LogP contribution in [0.15, 0.2) is 29.3 Å². The second-order valence-electron chi connectivity index (χ2n) is 4.06. The lowest BCUT2D eigenvalue weighted by molar-refractivity contribution is -0.385. The third-order valence-corrected chi connectivity index (χ3v) is 2.75. The van der Waals surface area contributed by atoms with Crippen LogP contribution in [0.3, 0.4) is 0 Å². The molecule has 0 aliphatic heterocycles. The van der Waals surface area contributed by atoms with Crippen molar-refractivity contribution in [3.8, 4) is 0 Å². The van der Waals surface area contributed by atoms with Gasteiger partial charge < -0.3 is 5.11 Å². The molecule has 0 saturated carbocycles. The molecule has 0 amide bonds. The molecule has 9 nitrogen and oxygen atoms in total. The Kier molecular flexibility index (Phi) is 3.34. The largest absolute Gasteiger partial charge is 0.477 e. The monoisotopic (exact) mass is 278 g/mol.